The van der Waals surface area contributed by atoms with E-state index in [2.05, 4.69) is 47.3 Å². The highest BCUT2D eigenvalue weighted by molar-refractivity contribution is 9.10. The minimum Gasteiger partial charge on any atom is -0.496 e. The number of hydrogen-bond acceptors (Lipinski definition) is 4. The van der Waals surface area contributed by atoms with Gasteiger partial charge in [-0.25, -0.2) is 0 Å². The van der Waals surface area contributed by atoms with E-state index < -0.39 is 0 Å². The molecule has 0 fully saturated rings. The first-order valence-corrected chi connectivity index (χ1v) is 7.69. The molecule has 0 bridgehead atoms. The number of rotatable bonds is 8. The topological polar surface area (TPSA) is 56.5 Å². The third-order valence-electron chi connectivity index (χ3n) is 4.10. The molecule has 0 amide bonds. The van der Waals surface area contributed by atoms with E-state index in [-0.39, 0.29) is 11.6 Å². The molecule has 5 heteroatoms. The van der Waals surface area contributed by atoms with E-state index in [0.717, 1.165) is 29.5 Å². The van der Waals surface area contributed by atoms with Gasteiger partial charge in [-0.05, 0) is 52.9 Å². The van der Waals surface area contributed by atoms with Crippen molar-refractivity contribution in [2.75, 3.05) is 14.2 Å². The van der Waals surface area contributed by atoms with Crippen LogP contribution in [0.5, 0.6) is 5.75 Å². The Kier molecular flexibility index (Phi) is 6.95. The predicted octanol–water partition coefficient (Wildman–Crippen LogP) is 3.04. The Bertz CT molecular complexity index is 414. The summed E-state index contributed by atoms with van der Waals surface area (Å²) in [6.07, 6.45) is 2.62. The Labute approximate surface area is 130 Å². The van der Waals surface area contributed by atoms with Crippen LogP contribution in [0.4, 0.5) is 0 Å². The van der Waals surface area contributed by atoms with Crippen LogP contribution < -0.4 is 16.0 Å². The summed E-state index contributed by atoms with van der Waals surface area (Å²) < 4.78 is 12.0. The quantitative estimate of drug-likeness (QED) is 0.562. The van der Waals surface area contributed by atoms with Gasteiger partial charge in [0.15, 0.2) is 0 Å². The summed E-state index contributed by atoms with van der Waals surface area (Å²) in [5.41, 5.74) is 3.86. The predicted molar refractivity (Wildman–Crippen MR) is 85.8 cm³/mol. The lowest BCUT2D eigenvalue weighted by Crippen LogP contribution is -2.55. The number of methoxy groups -OCH3 is 2. The molecule has 4 nitrogen and oxygen atoms in total. The monoisotopic (exact) mass is 344 g/mol. The fourth-order valence-corrected chi connectivity index (χ4v) is 3.23. The second-order valence-corrected chi connectivity index (χ2v) is 5.72. The van der Waals surface area contributed by atoms with Crippen molar-refractivity contribution in [2.24, 2.45) is 5.84 Å². The van der Waals surface area contributed by atoms with Crippen molar-refractivity contribution in [3.05, 3.63) is 28.2 Å². The summed E-state index contributed by atoms with van der Waals surface area (Å²) in [5.74, 6) is 6.59. The first kappa shape index (κ1) is 17.4. The summed E-state index contributed by atoms with van der Waals surface area (Å²) >= 11 is 3.51. The molecule has 1 atom stereocenters. The average Bonchev–Trinajstić information content (AvgIpc) is 2.48. The maximum atomic E-state index is 5.76. The minimum absolute atomic E-state index is 0.0581. The Morgan fingerprint density at radius 1 is 1.30 bits per heavy atom. The van der Waals surface area contributed by atoms with Crippen molar-refractivity contribution in [1.82, 2.24) is 5.43 Å². The van der Waals surface area contributed by atoms with E-state index in [1.54, 1.807) is 14.2 Å². The molecular formula is C15H25BrN2O2. The van der Waals surface area contributed by atoms with Gasteiger partial charge in [0.25, 0.3) is 0 Å². The summed E-state index contributed by atoms with van der Waals surface area (Å²) in [6, 6.07) is 6.14. The number of ether oxygens (including phenoxy) is 2. The van der Waals surface area contributed by atoms with Crippen LogP contribution >= 0.6 is 15.9 Å². The molecule has 0 aromatic heterocycles. The molecule has 3 N–H and O–H groups in total. The van der Waals surface area contributed by atoms with Crippen LogP contribution in [0, 0.1) is 0 Å². The normalized spacial score (nSPS) is 13.3. The summed E-state index contributed by atoms with van der Waals surface area (Å²) in [4.78, 5) is 0. The summed E-state index contributed by atoms with van der Waals surface area (Å²) in [5, 5.41) is 0. The van der Waals surface area contributed by atoms with Gasteiger partial charge >= 0.3 is 0 Å². The van der Waals surface area contributed by atoms with Crippen molar-refractivity contribution in [1.29, 1.82) is 0 Å². The highest BCUT2D eigenvalue weighted by Gasteiger charge is 2.35. The fourth-order valence-electron chi connectivity index (χ4n) is 2.64. The highest BCUT2D eigenvalue weighted by atomic mass is 79.9. The highest BCUT2D eigenvalue weighted by Crippen LogP contribution is 2.29. The minimum atomic E-state index is -0.249. The molecule has 1 aromatic rings. The van der Waals surface area contributed by atoms with Crippen LogP contribution in [0.15, 0.2) is 22.7 Å². The number of nitrogens with one attached hydrogen (secondary N) is 1. The van der Waals surface area contributed by atoms with Gasteiger partial charge in [0.05, 0.1) is 23.2 Å². The molecular weight excluding hydrogens is 320 g/mol. The number of halogens is 1. The molecule has 0 saturated heterocycles. The smallest absolute Gasteiger partial charge is 0.133 e. The zero-order chi connectivity index (χ0) is 15.2. The Morgan fingerprint density at radius 3 is 2.35 bits per heavy atom. The number of hydrogen-bond donors (Lipinski definition) is 2. The van der Waals surface area contributed by atoms with Crippen molar-refractivity contribution in [2.45, 2.75) is 44.8 Å². The lowest BCUT2D eigenvalue weighted by Gasteiger charge is -2.38. The standard InChI is InChI=1S/C15H25BrN2O2/c1-5-15(6-2,20-4)14(18-17)10-11-7-8-13(19-3)12(16)9-11/h7-9,14,18H,5-6,10,17H2,1-4H3. The van der Waals surface area contributed by atoms with Crippen molar-refractivity contribution in [3.8, 4) is 5.75 Å². The molecule has 0 radical (unpaired) electrons. The number of hydrazine groups is 1. The molecule has 1 unspecified atom stereocenters. The van der Waals surface area contributed by atoms with Crippen LogP contribution in [-0.4, -0.2) is 25.9 Å². The Morgan fingerprint density at radius 2 is 1.95 bits per heavy atom. The van der Waals surface area contributed by atoms with Gasteiger partial charge in [0, 0.05) is 7.11 Å². The third-order valence-corrected chi connectivity index (χ3v) is 4.72. The molecule has 0 saturated carbocycles. The largest absolute Gasteiger partial charge is 0.496 e. The Balaban J connectivity index is 2.95. The second kappa shape index (κ2) is 7.98. The van der Waals surface area contributed by atoms with Gasteiger partial charge in [0.1, 0.15) is 5.75 Å². The van der Waals surface area contributed by atoms with Gasteiger partial charge in [-0.2, -0.15) is 0 Å². The van der Waals surface area contributed by atoms with E-state index in [1.807, 2.05) is 6.07 Å². The summed E-state index contributed by atoms with van der Waals surface area (Å²) in [7, 11) is 3.41. The third kappa shape index (κ3) is 3.73. The van der Waals surface area contributed by atoms with Crippen LogP contribution in [-0.2, 0) is 11.2 Å². The molecule has 0 aliphatic rings. The van der Waals surface area contributed by atoms with Gasteiger partial charge in [-0.3, -0.25) is 11.3 Å². The van der Waals surface area contributed by atoms with Crippen LogP contribution in [0.1, 0.15) is 32.3 Å². The van der Waals surface area contributed by atoms with E-state index >= 15 is 0 Å². The lowest BCUT2D eigenvalue weighted by molar-refractivity contribution is -0.0473. The zero-order valence-electron chi connectivity index (χ0n) is 12.7. The molecule has 0 heterocycles. The maximum Gasteiger partial charge on any atom is 0.133 e. The molecule has 20 heavy (non-hydrogen) atoms. The van der Waals surface area contributed by atoms with E-state index in [9.17, 15) is 0 Å². The van der Waals surface area contributed by atoms with Gasteiger partial charge in [-0.15, -0.1) is 0 Å². The SMILES string of the molecule is CCC(CC)(OC)C(Cc1ccc(OC)c(Br)c1)NN. The van der Waals surface area contributed by atoms with Crippen LogP contribution in [0.2, 0.25) is 0 Å². The molecule has 0 aliphatic carbocycles. The van der Waals surface area contributed by atoms with Gasteiger partial charge in [0.2, 0.25) is 0 Å². The maximum absolute atomic E-state index is 5.76. The van der Waals surface area contributed by atoms with E-state index in [1.165, 1.54) is 5.56 Å². The second-order valence-electron chi connectivity index (χ2n) is 4.87. The van der Waals surface area contributed by atoms with E-state index in [4.69, 9.17) is 15.3 Å². The lowest BCUT2D eigenvalue weighted by atomic mass is 9.85. The molecule has 0 spiro atoms. The Hall–Kier alpha value is -0.620. The summed E-state index contributed by atoms with van der Waals surface area (Å²) in [6.45, 7) is 4.25. The van der Waals surface area contributed by atoms with Crippen LogP contribution in [0.25, 0.3) is 0 Å². The van der Waals surface area contributed by atoms with Crippen molar-refractivity contribution < 1.29 is 9.47 Å². The van der Waals surface area contributed by atoms with Crippen molar-refractivity contribution in [3.63, 3.8) is 0 Å². The molecule has 1 aromatic carbocycles. The first-order chi connectivity index (χ1) is 9.56. The first-order valence-electron chi connectivity index (χ1n) is 6.90. The van der Waals surface area contributed by atoms with Crippen molar-refractivity contribution >= 4 is 15.9 Å². The zero-order valence-corrected chi connectivity index (χ0v) is 14.3. The average molecular weight is 345 g/mol. The molecule has 0 aliphatic heterocycles. The van der Waals surface area contributed by atoms with Gasteiger partial charge in [-0.1, -0.05) is 19.9 Å². The molecule has 1 rings (SSSR count). The van der Waals surface area contributed by atoms with E-state index in [0.29, 0.717) is 0 Å². The number of benzene rings is 1. The fraction of sp³-hybridized carbons (Fsp3) is 0.600. The number of nitrogens with two attached hydrogens (primary N) is 1. The van der Waals surface area contributed by atoms with Crippen LogP contribution in [0.3, 0.4) is 0 Å². The molecule has 114 valence electrons. The van der Waals surface area contributed by atoms with Gasteiger partial charge < -0.3 is 9.47 Å².